The molecule has 0 unspecified atom stereocenters. The molecule has 19 heavy (non-hydrogen) atoms. The van der Waals surface area contributed by atoms with E-state index in [1.165, 1.54) is 0 Å². The summed E-state index contributed by atoms with van der Waals surface area (Å²) in [4.78, 5) is 22.9. The SMILES string of the molecule is Cc1cc(N2CC[C@H]3NC(=O)CCC[C@H]32)nc(C)n1. The monoisotopic (exact) mass is 260 g/mol. The highest BCUT2D eigenvalue weighted by Gasteiger charge is 2.37. The molecule has 2 aliphatic heterocycles. The number of nitrogens with one attached hydrogen (secondary N) is 1. The number of aromatic nitrogens is 2. The molecule has 0 aliphatic carbocycles. The number of nitrogens with zero attached hydrogens (tertiary/aromatic N) is 3. The number of hydrogen-bond donors (Lipinski definition) is 1. The molecule has 0 radical (unpaired) electrons. The molecule has 102 valence electrons. The van der Waals surface area contributed by atoms with E-state index in [1.807, 2.05) is 19.9 Å². The highest BCUT2D eigenvalue weighted by atomic mass is 16.1. The van der Waals surface area contributed by atoms with Crippen molar-refractivity contribution in [3.63, 3.8) is 0 Å². The molecule has 0 spiro atoms. The maximum atomic E-state index is 11.6. The molecule has 2 atom stereocenters. The quantitative estimate of drug-likeness (QED) is 0.828. The van der Waals surface area contributed by atoms with E-state index in [-0.39, 0.29) is 11.9 Å². The molecular formula is C14H20N4O. The summed E-state index contributed by atoms with van der Waals surface area (Å²) in [5, 5.41) is 3.15. The summed E-state index contributed by atoms with van der Waals surface area (Å²) in [7, 11) is 0. The van der Waals surface area contributed by atoms with E-state index in [0.29, 0.717) is 12.5 Å². The van der Waals surface area contributed by atoms with Crippen LogP contribution in [0.25, 0.3) is 0 Å². The number of carbonyl (C=O) groups is 1. The van der Waals surface area contributed by atoms with Crippen LogP contribution in [-0.2, 0) is 4.79 Å². The van der Waals surface area contributed by atoms with Crippen LogP contribution in [0.2, 0.25) is 0 Å². The highest BCUT2D eigenvalue weighted by Crippen LogP contribution is 2.29. The molecule has 3 heterocycles. The number of aryl methyl sites for hydroxylation is 2. The van der Waals surface area contributed by atoms with Gasteiger partial charge >= 0.3 is 0 Å². The molecular weight excluding hydrogens is 240 g/mol. The van der Waals surface area contributed by atoms with E-state index in [9.17, 15) is 4.79 Å². The van der Waals surface area contributed by atoms with Gasteiger partial charge in [-0.3, -0.25) is 4.79 Å². The van der Waals surface area contributed by atoms with Crippen molar-refractivity contribution in [2.24, 2.45) is 0 Å². The number of carbonyl (C=O) groups excluding carboxylic acids is 1. The van der Waals surface area contributed by atoms with Crippen LogP contribution >= 0.6 is 0 Å². The Morgan fingerprint density at radius 2 is 2.16 bits per heavy atom. The van der Waals surface area contributed by atoms with Crippen LogP contribution in [0.1, 0.15) is 37.2 Å². The van der Waals surface area contributed by atoms with Crippen LogP contribution in [0.4, 0.5) is 5.82 Å². The Bertz CT molecular complexity index is 482. The van der Waals surface area contributed by atoms with Gasteiger partial charge in [0.15, 0.2) is 0 Å². The van der Waals surface area contributed by atoms with Crippen molar-refractivity contribution in [3.8, 4) is 0 Å². The maximum Gasteiger partial charge on any atom is 0.220 e. The zero-order chi connectivity index (χ0) is 13.4. The van der Waals surface area contributed by atoms with E-state index < -0.39 is 0 Å². The van der Waals surface area contributed by atoms with Crippen molar-refractivity contribution in [1.29, 1.82) is 0 Å². The third kappa shape index (κ3) is 2.41. The van der Waals surface area contributed by atoms with Crippen molar-refractivity contribution in [2.45, 2.75) is 51.6 Å². The Balaban J connectivity index is 1.87. The van der Waals surface area contributed by atoms with Gasteiger partial charge in [0.2, 0.25) is 5.91 Å². The third-order valence-corrected chi connectivity index (χ3v) is 4.04. The van der Waals surface area contributed by atoms with Crippen molar-refractivity contribution >= 4 is 11.7 Å². The Morgan fingerprint density at radius 1 is 1.32 bits per heavy atom. The largest absolute Gasteiger partial charge is 0.351 e. The molecule has 2 aliphatic rings. The topological polar surface area (TPSA) is 58.1 Å². The van der Waals surface area contributed by atoms with E-state index in [4.69, 9.17) is 0 Å². The lowest BCUT2D eigenvalue weighted by Gasteiger charge is -2.28. The zero-order valence-electron chi connectivity index (χ0n) is 11.5. The van der Waals surface area contributed by atoms with E-state index in [0.717, 1.165) is 43.1 Å². The van der Waals surface area contributed by atoms with Crippen molar-refractivity contribution < 1.29 is 4.79 Å². The number of rotatable bonds is 1. The van der Waals surface area contributed by atoms with Gasteiger partial charge in [-0.2, -0.15) is 0 Å². The van der Waals surface area contributed by atoms with Gasteiger partial charge in [0.1, 0.15) is 11.6 Å². The second-order valence-electron chi connectivity index (χ2n) is 5.53. The first kappa shape index (κ1) is 12.4. The molecule has 1 aromatic rings. The number of fused-ring (bicyclic) bond motifs is 1. The summed E-state index contributed by atoms with van der Waals surface area (Å²) < 4.78 is 0. The summed E-state index contributed by atoms with van der Waals surface area (Å²) in [6.07, 6.45) is 3.69. The normalized spacial score (nSPS) is 26.8. The summed E-state index contributed by atoms with van der Waals surface area (Å²) in [6, 6.07) is 2.72. The molecule has 1 N–H and O–H groups in total. The van der Waals surface area contributed by atoms with Gasteiger partial charge in [-0.1, -0.05) is 0 Å². The van der Waals surface area contributed by atoms with Crippen LogP contribution in [0.3, 0.4) is 0 Å². The van der Waals surface area contributed by atoms with E-state index in [2.05, 4.69) is 20.2 Å². The zero-order valence-corrected chi connectivity index (χ0v) is 11.5. The molecule has 3 rings (SSSR count). The lowest BCUT2D eigenvalue weighted by Crippen LogP contribution is -2.43. The minimum absolute atomic E-state index is 0.199. The minimum atomic E-state index is 0.199. The van der Waals surface area contributed by atoms with Gasteiger partial charge in [0, 0.05) is 24.7 Å². The van der Waals surface area contributed by atoms with Gasteiger partial charge in [-0.05, 0) is 33.1 Å². The Hall–Kier alpha value is -1.65. The summed E-state index contributed by atoms with van der Waals surface area (Å²) in [5.41, 5.74) is 1.00. The van der Waals surface area contributed by atoms with E-state index >= 15 is 0 Å². The highest BCUT2D eigenvalue weighted by molar-refractivity contribution is 5.77. The van der Waals surface area contributed by atoms with Crippen molar-refractivity contribution in [3.05, 3.63) is 17.6 Å². The van der Waals surface area contributed by atoms with Crippen LogP contribution in [0.5, 0.6) is 0 Å². The number of hydrogen-bond acceptors (Lipinski definition) is 4. The average Bonchev–Trinajstić information content (AvgIpc) is 2.62. The maximum absolute atomic E-state index is 11.6. The number of amides is 1. The molecule has 2 saturated heterocycles. The lowest BCUT2D eigenvalue weighted by atomic mass is 10.1. The fourth-order valence-corrected chi connectivity index (χ4v) is 3.26. The fourth-order valence-electron chi connectivity index (χ4n) is 3.26. The molecule has 0 aromatic carbocycles. The molecule has 1 aromatic heterocycles. The van der Waals surface area contributed by atoms with Crippen LogP contribution in [0.15, 0.2) is 6.07 Å². The van der Waals surface area contributed by atoms with Crippen molar-refractivity contribution in [2.75, 3.05) is 11.4 Å². The van der Waals surface area contributed by atoms with Crippen LogP contribution in [0, 0.1) is 13.8 Å². The van der Waals surface area contributed by atoms with Gasteiger partial charge in [-0.15, -0.1) is 0 Å². The standard InChI is InChI=1S/C14H20N4O/c1-9-8-13(16-10(2)15-9)18-7-6-11-12(18)4-3-5-14(19)17-11/h8,11-12H,3-7H2,1-2H3,(H,17,19)/t11-,12-/m1/s1. The summed E-state index contributed by atoms with van der Waals surface area (Å²) >= 11 is 0. The smallest absolute Gasteiger partial charge is 0.220 e. The third-order valence-electron chi connectivity index (χ3n) is 4.04. The molecule has 5 nitrogen and oxygen atoms in total. The Morgan fingerprint density at radius 3 is 2.95 bits per heavy atom. The first-order valence-electron chi connectivity index (χ1n) is 7.02. The summed E-state index contributed by atoms with van der Waals surface area (Å²) in [6.45, 7) is 4.89. The van der Waals surface area contributed by atoms with Gasteiger partial charge in [0.25, 0.3) is 0 Å². The predicted molar refractivity (Wildman–Crippen MR) is 73.0 cm³/mol. The molecule has 1 amide bonds. The second-order valence-corrected chi connectivity index (χ2v) is 5.53. The van der Waals surface area contributed by atoms with Crippen LogP contribution in [-0.4, -0.2) is 34.5 Å². The van der Waals surface area contributed by atoms with Gasteiger partial charge in [0.05, 0.1) is 12.1 Å². The van der Waals surface area contributed by atoms with Crippen molar-refractivity contribution in [1.82, 2.24) is 15.3 Å². The molecule has 2 fully saturated rings. The number of anilines is 1. The first-order valence-corrected chi connectivity index (χ1v) is 7.02. The first-order chi connectivity index (χ1) is 9.13. The van der Waals surface area contributed by atoms with E-state index in [1.54, 1.807) is 0 Å². The second kappa shape index (κ2) is 4.79. The van der Waals surface area contributed by atoms with Gasteiger partial charge in [-0.25, -0.2) is 9.97 Å². The molecule has 5 heteroatoms. The fraction of sp³-hybridized carbons (Fsp3) is 0.643. The summed E-state index contributed by atoms with van der Waals surface area (Å²) in [5.74, 6) is 2.02. The van der Waals surface area contributed by atoms with Gasteiger partial charge < -0.3 is 10.2 Å². The minimum Gasteiger partial charge on any atom is -0.351 e. The molecule has 0 bridgehead atoms. The Kier molecular flexibility index (Phi) is 3.12. The predicted octanol–water partition coefficient (Wildman–Crippen LogP) is 1.34. The Labute approximate surface area is 113 Å². The average molecular weight is 260 g/mol. The van der Waals surface area contributed by atoms with Crippen LogP contribution < -0.4 is 10.2 Å². The lowest BCUT2D eigenvalue weighted by molar-refractivity contribution is -0.121. The molecule has 0 saturated carbocycles.